The first kappa shape index (κ1) is 83.0. The van der Waals surface area contributed by atoms with Crippen molar-refractivity contribution in [2.24, 2.45) is 0 Å². The van der Waals surface area contributed by atoms with Gasteiger partial charge < -0.3 is 90.0 Å². The van der Waals surface area contributed by atoms with Crippen LogP contribution >= 0.6 is 45.1 Å². The molecule has 37 nitrogen and oxygen atoms in total. The molecular weight excluding hydrogens is 1510 g/mol. The number of phosphoric acid groups is 3. The first-order valence-corrected chi connectivity index (χ1v) is 41.4. The number of hydrogen-bond donors (Lipinski definition) is 12. The van der Waals surface area contributed by atoms with Gasteiger partial charge in [0.2, 0.25) is 0 Å². The smallest absolute Gasteiger partial charge is 0.478 e. The summed E-state index contributed by atoms with van der Waals surface area (Å²) in [6, 6.07) is 8.29. The molecule has 0 spiro atoms. The number of aromatic carboxylic acids is 1. The summed E-state index contributed by atoms with van der Waals surface area (Å²) in [6.45, 7) is 7.53. The van der Waals surface area contributed by atoms with Crippen LogP contribution in [0.4, 0.5) is 21.1 Å². The van der Waals surface area contributed by atoms with Crippen LogP contribution in [0.25, 0.3) is 12.2 Å². The molecule has 2 aliphatic heterocycles. The van der Waals surface area contributed by atoms with E-state index in [9.17, 15) is 78.5 Å². The van der Waals surface area contributed by atoms with Gasteiger partial charge in [-0.2, -0.15) is 30.4 Å². The Labute approximate surface area is 585 Å². The van der Waals surface area contributed by atoms with Crippen molar-refractivity contribution in [3.05, 3.63) is 97.4 Å². The van der Waals surface area contributed by atoms with Crippen LogP contribution in [0.1, 0.15) is 83.2 Å². The van der Waals surface area contributed by atoms with Gasteiger partial charge in [-0.15, -0.1) is 0 Å². The number of nitrogens with one attached hydrogen (secondary N) is 3. The lowest BCUT2D eigenvalue weighted by Gasteiger charge is -2.25. The number of fused-ring (bicyclic) bond motifs is 2. The highest BCUT2D eigenvalue weighted by molar-refractivity contribution is 8.77. The Balaban J connectivity index is 0.811. The quantitative estimate of drug-likeness (QED) is 0.00514. The van der Waals surface area contributed by atoms with Gasteiger partial charge in [-0.05, 0) is 97.7 Å². The molecule has 0 aliphatic carbocycles. The highest BCUT2D eigenvalue weighted by Gasteiger charge is 2.44. The summed E-state index contributed by atoms with van der Waals surface area (Å²) >= 11 is 5.16. The molecule has 3 unspecified atom stereocenters. The molecule has 6 atom stereocenters. The summed E-state index contributed by atoms with van der Waals surface area (Å²) in [7, 11) is -25.0. The van der Waals surface area contributed by atoms with Gasteiger partial charge in [-0.3, -0.25) is 23.0 Å². The molecule has 3 aromatic carbocycles. The molecule has 1 fully saturated rings. The molecule has 3 amide bonds. The molecule has 14 N–H and O–H groups in total. The number of aromatic nitrogens is 2. The van der Waals surface area contributed by atoms with Crippen molar-refractivity contribution in [2.75, 3.05) is 102 Å². The van der Waals surface area contributed by atoms with Crippen LogP contribution in [0.15, 0.2) is 63.2 Å². The number of anilines is 2. The standard InChI is InChI=1S/C54H70N7O30P3S6/c1-32-9-11-36-43(37-13-14-39(55)47(100(78,79)80)45(37)89-44(36)46(32)99(75,76)77)38-26-33(10-12-35(38)50(63)64)49(62)57-17-22-81-24-25-82-23-18-59-53(67)85-21-15-54(2,3)97-96-30-83-19-5-6-20-84-52(66)58-16-7-8-34-28-61(51(65)60-48(34)56)42-27-40(86-31-98(4)95)41(88-42)29-87-93(71,72)91-94(73,74)90-92(68,69)70/h9-14,26,28,40-42H,1,5-6,15-25,27,29-31,55H2,2-4H3,(H,57,62)(H,58,66)(H,59,67)(H,63,64)(H,71,72)(H,73,74)(H2,56,60,65)(H2,68,69,70)(H,75,76,77)(H,78,79,80)/t40-,41+,42+,98?/m0/s1. The number of carboxylic acids is 1. The Hall–Kier alpha value is -5.98. The van der Waals surface area contributed by atoms with Crippen molar-refractivity contribution in [3.8, 4) is 23.3 Å². The average Bonchev–Trinajstić information content (AvgIpc) is 0.851. The predicted molar refractivity (Wildman–Crippen MR) is 362 cm³/mol. The average molecular weight is 1580 g/mol. The highest BCUT2D eigenvalue weighted by atomic mass is 33.1. The number of phosphoric ester groups is 1. The number of amides is 3. The number of unbranched alkanes of at least 4 members (excludes halogenated alkanes) is 1. The molecule has 46 heteroatoms. The second kappa shape index (κ2) is 36.9. The minimum absolute atomic E-state index is 0.00587. The molecule has 6 rings (SSSR count). The topological polar surface area (TPSA) is 554 Å². The van der Waals surface area contributed by atoms with Crippen molar-refractivity contribution in [1.82, 2.24) is 25.5 Å². The van der Waals surface area contributed by atoms with Crippen molar-refractivity contribution < 1.29 is 135 Å². The van der Waals surface area contributed by atoms with Gasteiger partial charge in [0.1, 0.15) is 29.0 Å². The van der Waals surface area contributed by atoms with Crippen LogP contribution in [0.2, 0.25) is 0 Å². The number of carboxylic acid groups (broad SMARTS) is 1. The molecule has 0 radical (unpaired) electrons. The maximum absolute atomic E-state index is 13.4. The van der Waals surface area contributed by atoms with Crippen LogP contribution in [-0.4, -0.2) is 192 Å². The van der Waals surface area contributed by atoms with E-state index >= 15 is 0 Å². The summed E-state index contributed by atoms with van der Waals surface area (Å²) in [4.78, 5) is 102. The fraction of sp³-hybridized carbons (Fsp3) is 0.444. The Morgan fingerprint density at radius 1 is 0.840 bits per heavy atom. The van der Waals surface area contributed by atoms with E-state index < -0.39 is 140 Å². The second-order valence-electron chi connectivity index (χ2n) is 21.4. The lowest BCUT2D eigenvalue weighted by molar-refractivity contribution is -0.0544. The number of rotatable bonds is 38. The van der Waals surface area contributed by atoms with Gasteiger partial charge in [-0.25, -0.2) is 32.9 Å². The Morgan fingerprint density at radius 2 is 1.50 bits per heavy atom. The number of carbonyl (C=O) groups is 4. The van der Waals surface area contributed by atoms with Crippen molar-refractivity contribution in [1.29, 1.82) is 0 Å². The molecule has 4 aromatic rings. The van der Waals surface area contributed by atoms with Gasteiger partial charge in [0.05, 0.1) is 81.7 Å². The zero-order valence-corrected chi connectivity index (χ0v) is 60.5. The van der Waals surface area contributed by atoms with Crippen LogP contribution < -0.4 is 48.3 Å². The monoisotopic (exact) mass is 1580 g/mol. The van der Waals surface area contributed by atoms with Crippen LogP contribution in [0.3, 0.4) is 0 Å². The van der Waals surface area contributed by atoms with Crippen LogP contribution in [-0.2, 0) is 101 Å². The van der Waals surface area contributed by atoms with Crippen molar-refractivity contribution in [2.45, 2.75) is 72.5 Å². The Morgan fingerprint density at radius 3 is 2.16 bits per heavy atom. The number of benzene rings is 3. The fourth-order valence-corrected chi connectivity index (χ4v) is 16.4. The van der Waals surface area contributed by atoms with Gasteiger partial charge in [0.15, 0.2) is 16.4 Å². The van der Waals surface area contributed by atoms with Crippen molar-refractivity contribution >= 4 is 134 Å². The zero-order chi connectivity index (χ0) is 74.0. The minimum Gasteiger partial charge on any atom is -0.478 e. The third-order valence-corrected chi connectivity index (χ3v) is 22.8. The lowest BCUT2D eigenvalue weighted by atomic mass is 9.88. The fourth-order valence-electron chi connectivity index (χ4n) is 9.00. The minimum atomic E-state index is -5.81. The van der Waals surface area contributed by atoms with Crippen LogP contribution in [0.5, 0.6) is 11.5 Å². The van der Waals surface area contributed by atoms with Gasteiger partial charge in [0, 0.05) is 59.0 Å². The summed E-state index contributed by atoms with van der Waals surface area (Å²) in [6.07, 6.45) is -0.413. The molecule has 0 saturated carbocycles. The van der Waals surface area contributed by atoms with E-state index in [0.717, 1.165) is 16.7 Å². The number of nitrogens with two attached hydrogens (primary N) is 2. The van der Waals surface area contributed by atoms with E-state index in [1.165, 1.54) is 47.3 Å². The molecule has 552 valence electrons. The second-order valence-corrected chi connectivity index (χ2v) is 34.6. The third-order valence-electron chi connectivity index (χ3n) is 13.3. The largest absolute Gasteiger partial charge is 0.490 e. The number of nitrogens with zero attached hydrogens (tertiary/aromatic N) is 2. The zero-order valence-electron chi connectivity index (χ0n) is 52.9. The number of alkyl carbamates (subject to hydrolysis) is 2. The van der Waals surface area contributed by atoms with Gasteiger partial charge in [-0.1, -0.05) is 55.5 Å². The molecule has 1 aromatic heterocycles. The molecule has 1 saturated heterocycles. The van der Waals surface area contributed by atoms with E-state index in [1.54, 1.807) is 17.0 Å². The molecule has 2 aliphatic rings. The highest BCUT2D eigenvalue weighted by Crippen LogP contribution is 2.66. The molecule has 3 heterocycles. The summed E-state index contributed by atoms with van der Waals surface area (Å²) < 4.78 is 163. The number of carbonyl (C=O) groups excluding carboxylic acids is 3. The third kappa shape index (κ3) is 25.8. The van der Waals surface area contributed by atoms with E-state index in [0.29, 0.717) is 31.8 Å². The number of hydrogen-bond acceptors (Lipinski definition) is 29. The lowest BCUT2D eigenvalue weighted by Crippen LogP contribution is -2.30. The first-order chi connectivity index (χ1) is 46.8. The van der Waals surface area contributed by atoms with Gasteiger partial charge in [0.25, 0.3) is 26.1 Å². The van der Waals surface area contributed by atoms with Crippen LogP contribution in [0, 0.1) is 11.8 Å². The summed E-state index contributed by atoms with van der Waals surface area (Å²) in [5, 5.41) is 17.5. The maximum atomic E-state index is 13.4. The normalized spacial score (nSPS) is 16.9. The Kier molecular flexibility index (Phi) is 30.7. The summed E-state index contributed by atoms with van der Waals surface area (Å²) in [5.41, 5.74) is 9.43. The first-order valence-electron chi connectivity index (χ1n) is 28.9. The summed E-state index contributed by atoms with van der Waals surface area (Å²) in [5.74, 6) is 1.90. The molecular formula is C54H70N7O30P3S6. The maximum Gasteiger partial charge on any atom is 0.490 e. The van der Waals surface area contributed by atoms with E-state index in [2.05, 4.69) is 48.0 Å². The van der Waals surface area contributed by atoms with Crippen molar-refractivity contribution in [3.63, 3.8) is 0 Å². The number of nitrogen functional groups attached to an aromatic ring is 2. The van der Waals surface area contributed by atoms with E-state index in [-0.39, 0.29) is 120 Å². The molecule has 0 bridgehead atoms. The predicted octanol–water partition coefficient (Wildman–Crippen LogP) is 2.62. The SMILES string of the molecule is C=c1ccc2c(c1S(=O)(=O)O)Oc1c(ccc(N)c1S(=O)(=O)O)C=2c1cc(C(=O)NCCOCCOCCNC(=O)OCCC(C)(C)SSCOCCCCOC(=O)NCC#Cc2cn([C@H]3C[C@H](OCS(C)=S)[C@@H](COP(=O)(O)OP(=O)(O)OP(=O)(O)O)O3)c(=O)nc2N)ccc1C(=O)O. The Bertz CT molecular complexity index is 4350. The molecule has 100 heavy (non-hydrogen) atoms. The van der Waals surface area contributed by atoms with E-state index in [1.807, 2.05) is 13.8 Å². The van der Waals surface area contributed by atoms with Gasteiger partial charge >= 0.3 is 47.3 Å². The number of ether oxygens (including phenoxy) is 8. The van der Waals surface area contributed by atoms with E-state index in [4.69, 9.17) is 74.9 Å².